The van der Waals surface area contributed by atoms with Crippen LogP contribution in [0.3, 0.4) is 0 Å². The van der Waals surface area contributed by atoms with Crippen LogP contribution in [0.25, 0.3) is 0 Å². The van der Waals surface area contributed by atoms with Gasteiger partial charge in [-0.25, -0.2) is 9.97 Å². The summed E-state index contributed by atoms with van der Waals surface area (Å²) in [6.45, 7) is 6.11. The third kappa shape index (κ3) is 5.44. The first-order chi connectivity index (χ1) is 11.6. The van der Waals surface area contributed by atoms with Crippen LogP contribution >= 0.6 is 0 Å². The van der Waals surface area contributed by atoms with Gasteiger partial charge in [-0.15, -0.1) is 0 Å². The Bertz CT molecular complexity index is 760. The monoisotopic (exact) mass is 352 g/mol. The zero-order chi connectivity index (χ0) is 18.6. The molecular weight excluding hydrogens is 333 g/mol. The topological polar surface area (TPSA) is 66.9 Å². The lowest BCUT2D eigenvalue weighted by Crippen LogP contribution is -2.28. The highest BCUT2D eigenvalue weighted by Crippen LogP contribution is 2.31. The largest absolute Gasteiger partial charge is 0.416 e. The van der Waals surface area contributed by atoms with Gasteiger partial charge in [0.15, 0.2) is 0 Å². The molecule has 1 amide bonds. The molecule has 0 bridgehead atoms. The smallest absolute Gasteiger partial charge is 0.350 e. The molecule has 2 N–H and O–H groups in total. The summed E-state index contributed by atoms with van der Waals surface area (Å²) in [4.78, 5) is 20.3. The Morgan fingerprint density at radius 2 is 1.92 bits per heavy atom. The van der Waals surface area contributed by atoms with E-state index in [-0.39, 0.29) is 29.2 Å². The summed E-state index contributed by atoms with van der Waals surface area (Å²) < 4.78 is 38.3. The van der Waals surface area contributed by atoms with E-state index in [4.69, 9.17) is 0 Å². The SMILES string of the molecule is Cc1cc(C(=O)NCC(C)C)nc(Nc2cccc(C(F)(F)F)c2)n1. The third-order valence-corrected chi connectivity index (χ3v) is 3.20. The second kappa shape index (κ2) is 7.50. The van der Waals surface area contributed by atoms with Gasteiger partial charge in [0.25, 0.3) is 5.91 Å². The molecule has 0 aliphatic rings. The first-order valence-corrected chi connectivity index (χ1v) is 7.73. The van der Waals surface area contributed by atoms with Crippen LogP contribution in [0.1, 0.15) is 35.6 Å². The number of carbonyl (C=O) groups excluding carboxylic acids is 1. The molecule has 1 aromatic carbocycles. The second-order valence-electron chi connectivity index (χ2n) is 6.03. The van der Waals surface area contributed by atoms with Gasteiger partial charge in [-0.05, 0) is 37.1 Å². The van der Waals surface area contributed by atoms with Crippen molar-refractivity contribution in [1.82, 2.24) is 15.3 Å². The van der Waals surface area contributed by atoms with Gasteiger partial charge in [-0.1, -0.05) is 19.9 Å². The minimum absolute atomic E-state index is 0.0639. The molecule has 2 rings (SSSR count). The van der Waals surface area contributed by atoms with Crippen LogP contribution in [-0.4, -0.2) is 22.4 Å². The fraction of sp³-hybridized carbons (Fsp3) is 0.353. The lowest BCUT2D eigenvalue weighted by Gasteiger charge is -2.11. The molecule has 1 heterocycles. The fourth-order valence-electron chi connectivity index (χ4n) is 2.03. The highest BCUT2D eigenvalue weighted by atomic mass is 19.4. The van der Waals surface area contributed by atoms with E-state index in [1.807, 2.05) is 13.8 Å². The second-order valence-corrected chi connectivity index (χ2v) is 6.03. The van der Waals surface area contributed by atoms with Crippen LogP contribution in [-0.2, 0) is 6.18 Å². The predicted molar refractivity (Wildman–Crippen MR) is 88.7 cm³/mol. The highest BCUT2D eigenvalue weighted by Gasteiger charge is 2.30. The van der Waals surface area contributed by atoms with Gasteiger partial charge in [0.1, 0.15) is 5.69 Å². The summed E-state index contributed by atoms with van der Waals surface area (Å²) in [7, 11) is 0. The summed E-state index contributed by atoms with van der Waals surface area (Å²) in [5.74, 6) is -0.00472. The number of aromatic nitrogens is 2. The molecule has 0 aliphatic heterocycles. The maximum atomic E-state index is 12.8. The number of amides is 1. The number of nitrogens with one attached hydrogen (secondary N) is 2. The van der Waals surface area contributed by atoms with Crippen LogP contribution in [0.15, 0.2) is 30.3 Å². The average molecular weight is 352 g/mol. The molecule has 25 heavy (non-hydrogen) atoms. The minimum Gasteiger partial charge on any atom is -0.350 e. The zero-order valence-electron chi connectivity index (χ0n) is 14.1. The molecule has 8 heteroatoms. The van der Waals surface area contributed by atoms with E-state index in [1.165, 1.54) is 18.2 Å². The van der Waals surface area contributed by atoms with Gasteiger partial charge < -0.3 is 10.6 Å². The Hall–Kier alpha value is -2.64. The highest BCUT2D eigenvalue weighted by molar-refractivity contribution is 5.92. The van der Waals surface area contributed by atoms with Gasteiger partial charge >= 0.3 is 6.18 Å². The summed E-state index contributed by atoms with van der Waals surface area (Å²) in [5.41, 5.74) is 0.0933. The van der Waals surface area contributed by atoms with E-state index < -0.39 is 11.7 Å². The molecule has 0 fully saturated rings. The van der Waals surface area contributed by atoms with Crippen LogP contribution in [0.2, 0.25) is 0 Å². The van der Waals surface area contributed by atoms with Crippen molar-refractivity contribution in [2.45, 2.75) is 26.9 Å². The number of nitrogens with zero attached hydrogens (tertiary/aromatic N) is 2. The first kappa shape index (κ1) is 18.7. The van der Waals surface area contributed by atoms with E-state index >= 15 is 0 Å². The van der Waals surface area contributed by atoms with Crippen molar-refractivity contribution < 1.29 is 18.0 Å². The Kier molecular flexibility index (Phi) is 5.61. The molecule has 0 radical (unpaired) electrons. The molecule has 1 aromatic heterocycles. The van der Waals surface area contributed by atoms with Crippen molar-refractivity contribution in [2.24, 2.45) is 5.92 Å². The number of hydrogen-bond donors (Lipinski definition) is 2. The summed E-state index contributed by atoms with van der Waals surface area (Å²) in [6, 6.07) is 6.22. The molecule has 0 aliphatic carbocycles. The Morgan fingerprint density at radius 1 is 1.20 bits per heavy atom. The number of hydrogen-bond acceptors (Lipinski definition) is 4. The number of halogens is 3. The van der Waals surface area contributed by atoms with Crippen molar-refractivity contribution in [3.8, 4) is 0 Å². The number of carbonyl (C=O) groups is 1. The molecule has 134 valence electrons. The number of alkyl halides is 3. The van der Waals surface area contributed by atoms with Gasteiger partial charge in [0, 0.05) is 17.9 Å². The molecule has 5 nitrogen and oxygen atoms in total. The molecule has 0 saturated heterocycles. The lowest BCUT2D eigenvalue weighted by molar-refractivity contribution is -0.137. The van der Waals surface area contributed by atoms with Crippen molar-refractivity contribution >= 4 is 17.5 Å². The van der Waals surface area contributed by atoms with Crippen molar-refractivity contribution in [3.63, 3.8) is 0 Å². The van der Waals surface area contributed by atoms with Crippen molar-refractivity contribution in [1.29, 1.82) is 0 Å². The Morgan fingerprint density at radius 3 is 2.56 bits per heavy atom. The van der Waals surface area contributed by atoms with Gasteiger partial charge in [0.2, 0.25) is 5.95 Å². The molecular formula is C17H19F3N4O. The average Bonchev–Trinajstić information content (AvgIpc) is 2.51. The first-order valence-electron chi connectivity index (χ1n) is 7.73. The van der Waals surface area contributed by atoms with Crippen LogP contribution < -0.4 is 10.6 Å². The zero-order valence-corrected chi connectivity index (χ0v) is 14.1. The number of rotatable bonds is 5. The van der Waals surface area contributed by atoms with Gasteiger partial charge in [0.05, 0.1) is 5.56 Å². The van der Waals surface area contributed by atoms with Crippen LogP contribution in [0.5, 0.6) is 0 Å². The molecule has 2 aromatic rings. The lowest BCUT2D eigenvalue weighted by atomic mass is 10.2. The minimum atomic E-state index is -4.44. The molecule has 0 saturated carbocycles. The van der Waals surface area contributed by atoms with E-state index in [1.54, 1.807) is 6.92 Å². The molecule has 0 spiro atoms. The maximum absolute atomic E-state index is 12.8. The molecule has 0 unspecified atom stereocenters. The van der Waals surface area contributed by atoms with Crippen molar-refractivity contribution in [2.75, 3.05) is 11.9 Å². The summed E-state index contributed by atoms with van der Waals surface area (Å²) in [5, 5.41) is 5.46. The van der Waals surface area contributed by atoms with Crippen molar-refractivity contribution in [3.05, 3.63) is 47.3 Å². The predicted octanol–water partition coefficient (Wildman–Crippen LogP) is 3.93. The normalized spacial score (nSPS) is 11.5. The Balaban J connectivity index is 2.22. The maximum Gasteiger partial charge on any atom is 0.416 e. The van der Waals surface area contributed by atoms with E-state index in [2.05, 4.69) is 20.6 Å². The van der Waals surface area contributed by atoms with E-state index in [0.29, 0.717) is 12.2 Å². The number of benzene rings is 1. The van der Waals surface area contributed by atoms with Crippen LogP contribution in [0, 0.1) is 12.8 Å². The standard InChI is InChI=1S/C17H19F3N4O/c1-10(2)9-21-15(25)14-7-11(3)22-16(24-14)23-13-6-4-5-12(8-13)17(18,19)20/h4-8,10H,9H2,1-3H3,(H,21,25)(H,22,23,24). The quantitative estimate of drug-likeness (QED) is 0.856. The Labute approximate surface area is 143 Å². The number of aryl methyl sites for hydroxylation is 1. The van der Waals surface area contributed by atoms with E-state index in [9.17, 15) is 18.0 Å². The summed E-state index contributed by atoms with van der Waals surface area (Å²) in [6.07, 6.45) is -4.44. The van der Waals surface area contributed by atoms with Gasteiger partial charge in [-0.2, -0.15) is 13.2 Å². The van der Waals surface area contributed by atoms with E-state index in [0.717, 1.165) is 12.1 Å². The molecule has 0 atom stereocenters. The number of anilines is 2. The van der Waals surface area contributed by atoms with Gasteiger partial charge in [-0.3, -0.25) is 4.79 Å². The van der Waals surface area contributed by atoms with Crippen LogP contribution in [0.4, 0.5) is 24.8 Å². The fourth-order valence-corrected chi connectivity index (χ4v) is 2.03. The summed E-state index contributed by atoms with van der Waals surface area (Å²) >= 11 is 0. The third-order valence-electron chi connectivity index (χ3n) is 3.20.